The van der Waals surface area contributed by atoms with Crippen molar-refractivity contribution >= 4 is 18.3 Å². The summed E-state index contributed by atoms with van der Waals surface area (Å²) in [7, 11) is 0. The van der Waals surface area contributed by atoms with E-state index in [-0.39, 0.29) is 36.8 Å². The third-order valence-electron chi connectivity index (χ3n) is 1.76. The molecule has 0 saturated heterocycles. The van der Waals surface area contributed by atoms with E-state index in [1.807, 2.05) is 20.8 Å². The van der Waals surface area contributed by atoms with E-state index in [0.29, 0.717) is 11.7 Å². The fraction of sp³-hybridized carbons (Fsp3) is 0.667. The topological polar surface area (TPSA) is 94.0 Å². The van der Waals surface area contributed by atoms with Gasteiger partial charge in [0.25, 0.3) is 0 Å². The number of nitrogens with one attached hydrogen (secondary N) is 1. The minimum Gasteiger partial charge on any atom is -0.346 e. The van der Waals surface area contributed by atoms with Crippen LogP contribution >= 0.6 is 12.4 Å². The van der Waals surface area contributed by atoms with Gasteiger partial charge in [0.1, 0.15) is 0 Å². The maximum absolute atomic E-state index is 10.9. The minimum atomic E-state index is -0.245. The number of aromatic nitrogens is 2. The Morgan fingerprint density at radius 1 is 1.50 bits per heavy atom. The van der Waals surface area contributed by atoms with E-state index >= 15 is 0 Å². The van der Waals surface area contributed by atoms with Crippen molar-refractivity contribution in [1.29, 1.82) is 0 Å². The van der Waals surface area contributed by atoms with Crippen molar-refractivity contribution in [3.8, 4) is 0 Å². The fourth-order valence-electron chi connectivity index (χ4n) is 0.878. The van der Waals surface area contributed by atoms with Crippen molar-refractivity contribution in [3.63, 3.8) is 0 Å². The van der Waals surface area contributed by atoms with Gasteiger partial charge in [0.15, 0.2) is 5.82 Å². The zero-order valence-electron chi connectivity index (χ0n) is 9.61. The van der Waals surface area contributed by atoms with Gasteiger partial charge in [-0.2, -0.15) is 4.98 Å². The minimum absolute atomic E-state index is 0. The molecule has 0 spiro atoms. The van der Waals surface area contributed by atoms with Crippen molar-refractivity contribution in [2.24, 2.45) is 5.73 Å². The Morgan fingerprint density at radius 3 is 2.56 bits per heavy atom. The number of carbonyl (C=O) groups excluding carboxylic acids is 1. The van der Waals surface area contributed by atoms with Crippen LogP contribution < -0.4 is 11.1 Å². The lowest BCUT2D eigenvalue weighted by Crippen LogP contribution is -2.29. The molecule has 1 amide bonds. The molecule has 92 valence electrons. The van der Waals surface area contributed by atoms with Crippen LogP contribution in [0, 0.1) is 0 Å². The molecule has 0 atom stereocenters. The van der Waals surface area contributed by atoms with Crippen LogP contribution in [0.25, 0.3) is 0 Å². The summed E-state index contributed by atoms with van der Waals surface area (Å²) in [4.78, 5) is 15.0. The number of rotatable bonds is 3. The molecule has 0 aliphatic heterocycles. The summed E-state index contributed by atoms with van der Waals surface area (Å²) in [6.07, 6.45) is 0. The molecular weight excluding hydrogens is 232 g/mol. The second-order valence-electron chi connectivity index (χ2n) is 4.24. The smallest absolute Gasteiger partial charge is 0.246 e. The standard InChI is InChI=1S/C9H16N4O2.ClH/c1-9(2,3)8-12-7(15-13-8)5-11-6(14)4-10;/h4-5,10H2,1-3H3,(H,11,14);1H. The van der Waals surface area contributed by atoms with Crippen molar-refractivity contribution in [2.75, 3.05) is 6.54 Å². The highest BCUT2D eigenvalue weighted by molar-refractivity contribution is 5.85. The zero-order chi connectivity index (χ0) is 11.5. The Balaban J connectivity index is 0.00000225. The summed E-state index contributed by atoms with van der Waals surface area (Å²) >= 11 is 0. The molecule has 16 heavy (non-hydrogen) atoms. The van der Waals surface area contributed by atoms with E-state index < -0.39 is 0 Å². The molecule has 1 aromatic rings. The van der Waals surface area contributed by atoms with Crippen LogP contribution in [-0.4, -0.2) is 22.6 Å². The number of hydrogen-bond acceptors (Lipinski definition) is 5. The predicted octanol–water partition coefficient (Wildman–Crippen LogP) is 0.364. The first kappa shape index (κ1) is 14.9. The monoisotopic (exact) mass is 248 g/mol. The molecule has 0 bridgehead atoms. The molecule has 0 radical (unpaired) electrons. The van der Waals surface area contributed by atoms with Crippen molar-refractivity contribution < 1.29 is 9.32 Å². The van der Waals surface area contributed by atoms with E-state index in [1.165, 1.54) is 0 Å². The Kier molecular flexibility index (Phi) is 5.40. The molecule has 1 rings (SSSR count). The maximum atomic E-state index is 10.9. The van der Waals surface area contributed by atoms with Crippen LogP contribution in [0.1, 0.15) is 32.5 Å². The highest BCUT2D eigenvalue weighted by atomic mass is 35.5. The Bertz CT molecular complexity index is 346. The van der Waals surface area contributed by atoms with Gasteiger partial charge in [0.2, 0.25) is 11.8 Å². The van der Waals surface area contributed by atoms with E-state index in [4.69, 9.17) is 10.3 Å². The van der Waals surface area contributed by atoms with Gasteiger partial charge >= 0.3 is 0 Å². The molecule has 1 aromatic heterocycles. The van der Waals surface area contributed by atoms with Crippen LogP contribution in [-0.2, 0) is 16.8 Å². The molecule has 0 aromatic carbocycles. The summed E-state index contributed by atoms with van der Waals surface area (Å²) in [6.45, 7) is 6.14. The SMILES string of the molecule is CC(C)(C)c1noc(CNC(=O)CN)n1.Cl. The molecule has 0 unspecified atom stereocenters. The number of nitrogens with zero attached hydrogens (tertiary/aromatic N) is 2. The average molecular weight is 249 g/mol. The molecular formula is C9H17ClN4O2. The van der Waals surface area contributed by atoms with Gasteiger partial charge in [-0.25, -0.2) is 0 Å². The molecule has 0 saturated carbocycles. The van der Waals surface area contributed by atoms with E-state index in [9.17, 15) is 4.79 Å². The first-order valence-corrected chi connectivity index (χ1v) is 4.73. The quantitative estimate of drug-likeness (QED) is 0.806. The van der Waals surface area contributed by atoms with Crippen LogP contribution in [0.2, 0.25) is 0 Å². The molecule has 6 nitrogen and oxygen atoms in total. The second-order valence-corrected chi connectivity index (χ2v) is 4.24. The Labute approximate surface area is 100 Å². The molecule has 7 heteroatoms. The lowest BCUT2D eigenvalue weighted by atomic mass is 9.96. The number of carbonyl (C=O) groups is 1. The largest absolute Gasteiger partial charge is 0.346 e. The van der Waals surface area contributed by atoms with Crippen LogP contribution in [0.4, 0.5) is 0 Å². The molecule has 0 aliphatic rings. The lowest BCUT2D eigenvalue weighted by molar-refractivity contribution is -0.120. The van der Waals surface area contributed by atoms with Gasteiger partial charge in [0, 0.05) is 5.41 Å². The number of amides is 1. The predicted molar refractivity (Wildman–Crippen MR) is 61.1 cm³/mol. The summed E-state index contributed by atoms with van der Waals surface area (Å²) in [6, 6.07) is 0. The number of hydrogen-bond donors (Lipinski definition) is 2. The zero-order valence-corrected chi connectivity index (χ0v) is 10.4. The van der Waals surface area contributed by atoms with Gasteiger partial charge < -0.3 is 15.6 Å². The Morgan fingerprint density at radius 2 is 2.12 bits per heavy atom. The summed E-state index contributed by atoms with van der Waals surface area (Å²) < 4.78 is 4.97. The third kappa shape index (κ3) is 4.16. The summed E-state index contributed by atoms with van der Waals surface area (Å²) in [5.74, 6) is 0.770. The molecule has 1 heterocycles. The van der Waals surface area contributed by atoms with Crippen LogP contribution in [0.15, 0.2) is 4.52 Å². The third-order valence-corrected chi connectivity index (χ3v) is 1.76. The maximum Gasteiger partial charge on any atom is 0.246 e. The fourth-order valence-corrected chi connectivity index (χ4v) is 0.878. The molecule has 0 fully saturated rings. The van der Waals surface area contributed by atoms with E-state index in [2.05, 4.69) is 15.5 Å². The second kappa shape index (κ2) is 5.81. The summed E-state index contributed by atoms with van der Waals surface area (Å²) in [5, 5.41) is 6.38. The van der Waals surface area contributed by atoms with Gasteiger partial charge in [-0.1, -0.05) is 25.9 Å². The number of nitrogens with two attached hydrogens (primary N) is 1. The van der Waals surface area contributed by atoms with Crippen molar-refractivity contribution in [3.05, 3.63) is 11.7 Å². The highest BCUT2D eigenvalue weighted by Gasteiger charge is 2.20. The lowest BCUT2D eigenvalue weighted by Gasteiger charge is -2.10. The normalized spacial score (nSPS) is 10.8. The van der Waals surface area contributed by atoms with E-state index in [1.54, 1.807) is 0 Å². The average Bonchev–Trinajstić information content (AvgIpc) is 2.61. The van der Waals surface area contributed by atoms with Crippen LogP contribution in [0.3, 0.4) is 0 Å². The molecule has 0 aliphatic carbocycles. The van der Waals surface area contributed by atoms with Crippen molar-refractivity contribution in [2.45, 2.75) is 32.7 Å². The Hall–Kier alpha value is -1.14. The van der Waals surface area contributed by atoms with Gasteiger partial charge in [-0.3, -0.25) is 4.79 Å². The van der Waals surface area contributed by atoms with Gasteiger partial charge in [-0.05, 0) is 0 Å². The van der Waals surface area contributed by atoms with Gasteiger partial charge in [-0.15, -0.1) is 12.4 Å². The highest BCUT2D eigenvalue weighted by Crippen LogP contribution is 2.18. The first-order chi connectivity index (χ1) is 6.93. The van der Waals surface area contributed by atoms with E-state index in [0.717, 1.165) is 0 Å². The molecule has 3 N–H and O–H groups in total. The first-order valence-electron chi connectivity index (χ1n) is 4.73. The van der Waals surface area contributed by atoms with Crippen LogP contribution in [0.5, 0.6) is 0 Å². The van der Waals surface area contributed by atoms with Gasteiger partial charge in [0.05, 0.1) is 13.1 Å². The summed E-state index contributed by atoms with van der Waals surface area (Å²) in [5.41, 5.74) is 4.98. The van der Waals surface area contributed by atoms with Crippen molar-refractivity contribution in [1.82, 2.24) is 15.5 Å². The number of halogens is 1.